The third kappa shape index (κ3) is 1.94. The van der Waals surface area contributed by atoms with E-state index in [-0.39, 0.29) is 11.2 Å². The molecule has 0 unspecified atom stereocenters. The summed E-state index contributed by atoms with van der Waals surface area (Å²) in [5.41, 5.74) is 4.77. The lowest BCUT2D eigenvalue weighted by Crippen LogP contribution is -2.42. The molecule has 0 aromatic heterocycles. The molecule has 4 aliphatic carbocycles. The number of ether oxygens (including phenoxy) is 2. The van der Waals surface area contributed by atoms with Crippen molar-refractivity contribution in [2.24, 2.45) is 17.3 Å². The van der Waals surface area contributed by atoms with Crippen molar-refractivity contribution in [2.75, 3.05) is 13.2 Å². The van der Waals surface area contributed by atoms with Crippen LogP contribution < -0.4 is 0 Å². The van der Waals surface area contributed by atoms with Gasteiger partial charge in [0.15, 0.2) is 5.79 Å². The van der Waals surface area contributed by atoms with Gasteiger partial charge in [0, 0.05) is 24.7 Å². The van der Waals surface area contributed by atoms with Gasteiger partial charge >= 0.3 is 0 Å². The summed E-state index contributed by atoms with van der Waals surface area (Å²) in [5, 5.41) is 0. The van der Waals surface area contributed by atoms with E-state index in [0.29, 0.717) is 17.6 Å². The Hall–Kier alpha value is -0.930. The second-order valence-electron chi connectivity index (χ2n) is 8.45. The molecule has 1 heterocycles. The predicted molar refractivity (Wildman–Crippen MR) is 91.4 cm³/mol. The van der Waals surface area contributed by atoms with Crippen LogP contribution in [0.2, 0.25) is 0 Å². The molecule has 0 amide bonds. The molecule has 130 valence electrons. The molecule has 1 aliphatic heterocycles. The summed E-state index contributed by atoms with van der Waals surface area (Å²) in [6, 6.07) is 0. The number of ketones is 1. The molecule has 0 aromatic rings. The van der Waals surface area contributed by atoms with E-state index >= 15 is 0 Å². The van der Waals surface area contributed by atoms with E-state index in [2.05, 4.69) is 13.0 Å². The Bertz CT molecular complexity index is 637. The van der Waals surface area contributed by atoms with Crippen LogP contribution in [0.15, 0.2) is 22.8 Å². The number of hydrogen-bond acceptors (Lipinski definition) is 3. The highest BCUT2D eigenvalue weighted by Crippen LogP contribution is 2.59. The van der Waals surface area contributed by atoms with Crippen molar-refractivity contribution >= 4 is 5.78 Å². The maximum Gasteiger partial charge on any atom is 0.172 e. The van der Waals surface area contributed by atoms with Gasteiger partial charge in [0.2, 0.25) is 0 Å². The lowest BCUT2D eigenvalue weighted by molar-refractivity contribution is -0.164. The van der Waals surface area contributed by atoms with Gasteiger partial charge in [-0.25, -0.2) is 0 Å². The molecule has 1 saturated heterocycles. The lowest BCUT2D eigenvalue weighted by atomic mass is 9.57. The van der Waals surface area contributed by atoms with Crippen LogP contribution in [-0.4, -0.2) is 24.8 Å². The molecule has 0 radical (unpaired) electrons. The van der Waals surface area contributed by atoms with Crippen molar-refractivity contribution in [3.05, 3.63) is 22.8 Å². The van der Waals surface area contributed by atoms with Crippen molar-refractivity contribution < 1.29 is 14.3 Å². The van der Waals surface area contributed by atoms with E-state index in [1.807, 2.05) is 0 Å². The minimum atomic E-state index is -0.308. The van der Waals surface area contributed by atoms with Crippen molar-refractivity contribution in [1.82, 2.24) is 0 Å². The topological polar surface area (TPSA) is 35.5 Å². The lowest BCUT2D eigenvalue weighted by Gasteiger charge is -2.47. The zero-order valence-electron chi connectivity index (χ0n) is 14.7. The fourth-order valence-corrected chi connectivity index (χ4v) is 6.51. The molecule has 5 aliphatic rings. The van der Waals surface area contributed by atoms with Crippen LogP contribution in [0.5, 0.6) is 0 Å². The van der Waals surface area contributed by atoms with Crippen molar-refractivity contribution in [2.45, 2.75) is 70.5 Å². The Morgan fingerprint density at radius 1 is 1.17 bits per heavy atom. The molecule has 2 fully saturated rings. The summed E-state index contributed by atoms with van der Waals surface area (Å²) in [4.78, 5) is 12.6. The van der Waals surface area contributed by atoms with Gasteiger partial charge in [-0.2, -0.15) is 0 Å². The van der Waals surface area contributed by atoms with E-state index < -0.39 is 0 Å². The van der Waals surface area contributed by atoms with Crippen LogP contribution in [0.4, 0.5) is 0 Å². The highest BCUT2D eigenvalue weighted by atomic mass is 16.7. The maximum atomic E-state index is 12.6. The number of carbonyl (C=O) groups is 1. The minimum Gasteiger partial charge on any atom is -0.347 e. The average molecular weight is 328 g/mol. The number of carbonyl (C=O) groups excluding carboxylic acids is 1. The molecular formula is C21H28O3. The highest BCUT2D eigenvalue weighted by molar-refractivity contribution is 5.88. The van der Waals surface area contributed by atoms with Gasteiger partial charge in [-0.1, -0.05) is 18.6 Å². The summed E-state index contributed by atoms with van der Waals surface area (Å²) >= 11 is 0. The molecule has 24 heavy (non-hydrogen) atoms. The van der Waals surface area contributed by atoms with Gasteiger partial charge in [0.05, 0.1) is 13.2 Å². The first-order valence-electron chi connectivity index (χ1n) is 9.90. The van der Waals surface area contributed by atoms with Crippen LogP contribution in [0.1, 0.15) is 64.7 Å². The quantitative estimate of drug-likeness (QED) is 0.719. The number of allylic oxidation sites excluding steroid dienone is 3. The maximum absolute atomic E-state index is 12.6. The first-order valence-corrected chi connectivity index (χ1v) is 9.90. The number of fused-ring (bicyclic) bond motifs is 4. The zero-order chi connectivity index (χ0) is 16.4. The van der Waals surface area contributed by atoms with Gasteiger partial charge < -0.3 is 9.47 Å². The standard InChI is InChI=1S/C21H28O3/c1-2-20-9-7-16-15-8-10-21(23-11-12-24-21)13-14(15)3-4-17(16)18(20)5-6-19(20)22/h7,17-18H,2-6,8-13H2,1H3/t17-,18+,20+/m1/s1. The Labute approximate surface area is 144 Å². The second-order valence-corrected chi connectivity index (χ2v) is 8.45. The molecule has 1 saturated carbocycles. The van der Waals surface area contributed by atoms with E-state index in [9.17, 15) is 4.79 Å². The van der Waals surface area contributed by atoms with E-state index in [1.54, 1.807) is 16.7 Å². The molecule has 5 rings (SSSR count). The van der Waals surface area contributed by atoms with Crippen molar-refractivity contribution in [3.8, 4) is 0 Å². The Balaban J connectivity index is 1.49. The van der Waals surface area contributed by atoms with Crippen LogP contribution in [0.3, 0.4) is 0 Å². The molecule has 0 aromatic carbocycles. The molecule has 3 heteroatoms. The summed E-state index contributed by atoms with van der Waals surface area (Å²) in [6.07, 6.45) is 11.8. The van der Waals surface area contributed by atoms with Crippen molar-refractivity contribution in [3.63, 3.8) is 0 Å². The monoisotopic (exact) mass is 328 g/mol. The summed E-state index contributed by atoms with van der Waals surface area (Å²) < 4.78 is 11.9. The highest BCUT2D eigenvalue weighted by Gasteiger charge is 2.54. The van der Waals surface area contributed by atoms with Crippen LogP contribution in [0.25, 0.3) is 0 Å². The molecule has 3 nitrogen and oxygen atoms in total. The normalized spacial score (nSPS) is 40.4. The average Bonchev–Trinajstić information content (AvgIpc) is 3.19. The SMILES string of the molecule is CC[C@]12CC=C3C4=C(CC[C@H]3[C@@H]1CCC2=O)CC1(CC4)OCCO1. The third-order valence-electron chi connectivity index (χ3n) is 7.73. The van der Waals surface area contributed by atoms with Crippen LogP contribution in [0, 0.1) is 17.3 Å². The van der Waals surface area contributed by atoms with Crippen LogP contribution in [-0.2, 0) is 14.3 Å². The third-order valence-corrected chi connectivity index (χ3v) is 7.73. The van der Waals surface area contributed by atoms with E-state index in [1.165, 1.54) is 12.8 Å². The fourth-order valence-electron chi connectivity index (χ4n) is 6.51. The summed E-state index contributed by atoms with van der Waals surface area (Å²) in [7, 11) is 0. The second kappa shape index (κ2) is 5.28. The Kier molecular flexibility index (Phi) is 3.37. The number of hydrogen-bond donors (Lipinski definition) is 0. The van der Waals surface area contributed by atoms with E-state index in [4.69, 9.17) is 9.47 Å². The predicted octanol–water partition coefficient (Wildman–Crippen LogP) is 4.33. The smallest absolute Gasteiger partial charge is 0.172 e. The molecule has 1 spiro atoms. The summed E-state index contributed by atoms with van der Waals surface area (Å²) in [5.74, 6) is 1.46. The van der Waals surface area contributed by atoms with Crippen LogP contribution >= 0.6 is 0 Å². The first-order chi connectivity index (χ1) is 11.7. The minimum absolute atomic E-state index is 0.0280. The molecule has 3 atom stereocenters. The van der Waals surface area contributed by atoms with Crippen molar-refractivity contribution in [1.29, 1.82) is 0 Å². The van der Waals surface area contributed by atoms with Gasteiger partial charge in [-0.05, 0) is 61.5 Å². The van der Waals surface area contributed by atoms with Gasteiger partial charge in [-0.15, -0.1) is 0 Å². The van der Waals surface area contributed by atoms with Gasteiger partial charge in [0.1, 0.15) is 5.78 Å². The first kappa shape index (κ1) is 15.3. The Morgan fingerprint density at radius 3 is 2.79 bits per heavy atom. The molecule has 0 N–H and O–H groups in total. The van der Waals surface area contributed by atoms with Gasteiger partial charge in [0.25, 0.3) is 0 Å². The zero-order valence-corrected chi connectivity index (χ0v) is 14.7. The Morgan fingerprint density at radius 2 is 2.00 bits per heavy atom. The largest absolute Gasteiger partial charge is 0.347 e. The number of rotatable bonds is 1. The summed E-state index contributed by atoms with van der Waals surface area (Å²) in [6.45, 7) is 3.72. The molecule has 0 bridgehead atoms. The molecular weight excluding hydrogens is 300 g/mol. The fraction of sp³-hybridized carbons (Fsp3) is 0.762. The number of Topliss-reactive ketones (excluding diaryl/α,β-unsaturated/α-hetero) is 1. The van der Waals surface area contributed by atoms with Gasteiger partial charge in [-0.3, -0.25) is 4.79 Å². The van der Waals surface area contributed by atoms with E-state index in [0.717, 1.165) is 58.2 Å².